The number of amides is 1. The SMILES string of the molecule is Cc1cc(C)c(NC(=O)CCCc2ccccc2)c(C)n1. The zero-order valence-corrected chi connectivity index (χ0v) is 12.9. The van der Waals surface area contributed by atoms with Gasteiger partial charge in [-0.05, 0) is 50.8 Å². The standard InChI is InChI=1S/C18H22N2O/c1-13-12-14(2)19-15(3)18(13)20-17(21)11-7-10-16-8-5-4-6-9-16/h4-6,8-9,12H,7,10-11H2,1-3H3,(H,20,21). The van der Waals surface area contributed by atoms with E-state index in [0.29, 0.717) is 6.42 Å². The first-order valence-corrected chi connectivity index (χ1v) is 7.35. The molecular formula is C18H22N2O. The summed E-state index contributed by atoms with van der Waals surface area (Å²) in [6, 6.07) is 12.2. The van der Waals surface area contributed by atoms with E-state index in [2.05, 4.69) is 22.4 Å². The van der Waals surface area contributed by atoms with Gasteiger partial charge < -0.3 is 5.32 Å². The van der Waals surface area contributed by atoms with E-state index in [1.807, 2.05) is 45.0 Å². The quantitative estimate of drug-likeness (QED) is 0.901. The van der Waals surface area contributed by atoms with Gasteiger partial charge in [0, 0.05) is 12.1 Å². The summed E-state index contributed by atoms with van der Waals surface area (Å²) in [6.07, 6.45) is 2.31. The number of carbonyl (C=O) groups is 1. The fourth-order valence-electron chi connectivity index (χ4n) is 2.51. The number of hydrogen-bond donors (Lipinski definition) is 1. The second-order valence-electron chi connectivity index (χ2n) is 5.43. The van der Waals surface area contributed by atoms with Crippen LogP contribution in [0.2, 0.25) is 0 Å². The van der Waals surface area contributed by atoms with Crippen molar-refractivity contribution in [3.63, 3.8) is 0 Å². The Morgan fingerprint density at radius 1 is 1.14 bits per heavy atom. The first-order valence-electron chi connectivity index (χ1n) is 7.35. The van der Waals surface area contributed by atoms with Gasteiger partial charge in [-0.15, -0.1) is 0 Å². The Labute approximate surface area is 126 Å². The zero-order chi connectivity index (χ0) is 15.2. The molecule has 1 amide bonds. The van der Waals surface area contributed by atoms with E-state index in [0.717, 1.165) is 35.5 Å². The molecule has 1 aromatic heterocycles. The van der Waals surface area contributed by atoms with Gasteiger partial charge in [-0.3, -0.25) is 9.78 Å². The molecule has 0 aliphatic rings. The molecule has 3 heteroatoms. The number of benzene rings is 1. The van der Waals surface area contributed by atoms with Crippen molar-refractivity contribution in [3.05, 3.63) is 58.9 Å². The smallest absolute Gasteiger partial charge is 0.224 e. The minimum absolute atomic E-state index is 0.0581. The van der Waals surface area contributed by atoms with Crippen LogP contribution in [0, 0.1) is 20.8 Å². The van der Waals surface area contributed by atoms with Gasteiger partial charge >= 0.3 is 0 Å². The first-order chi connectivity index (χ1) is 10.1. The molecule has 0 radical (unpaired) electrons. The number of carbonyl (C=O) groups excluding carboxylic acids is 1. The molecule has 3 nitrogen and oxygen atoms in total. The molecule has 0 aliphatic carbocycles. The van der Waals surface area contributed by atoms with Crippen LogP contribution in [0.3, 0.4) is 0 Å². The summed E-state index contributed by atoms with van der Waals surface area (Å²) in [5.41, 5.74) is 5.05. The molecule has 0 spiro atoms. The van der Waals surface area contributed by atoms with Crippen LogP contribution < -0.4 is 5.32 Å². The summed E-state index contributed by atoms with van der Waals surface area (Å²) < 4.78 is 0. The Kier molecular flexibility index (Phi) is 5.09. The molecule has 0 bridgehead atoms. The fourth-order valence-corrected chi connectivity index (χ4v) is 2.51. The van der Waals surface area contributed by atoms with Crippen molar-refractivity contribution in [2.75, 3.05) is 5.32 Å². The van der Waals surface area contributed by atoms with Crippen molar-refractivity contribution in [3.8, 4) is 0 Å². The van der Waals surface area contributed by atoms with Crippen LogP contribution in [-0.4, -0.2) is 10.9 Å². The molecule has 1 heterocycles. The first kappa shape index (κ1) is 15.2. The number of aryl methyl sites for hydroxylation is 4. The molecule has 1 aromatic carbocycles. The van der Waals surface area contributed by atoms with E-state index < -0.39 is 0 Å². The number of pyridine rings is 1. The van der Waals surface area contributed by atoms with Crippen LogP contribution in [0.4, 0.5) is 5.69 Å². The number of rotatable bonds is 5. The van der Waals surface area contributed by atoms with Crippen LogP contribution in [-0.2, 0) is 11.2 Å². The van der Waals surface area contributed by atoms with E-state index in [4.69, 9.17) is 0 Å². The highest BCUT2D eigenvalue weighted by Crippen LogP contribution is 2.19. The average Bonchev–Trinajstić information content (AvgIpc) is 2.44. The molecule has 0 atom stereocenters. The van der Waals surface area contributed by atoms with Gasteiger partial charge in [0.2, 0.25) is 5.91 Å². The predicted molar refractivity (Wildman–Crippen MR) is 86.5 cm³/mol. The normalized spacial score (nSPS) is 10.4. The topological polar surface area (TPSA) is 42.0 Å². The van der Waals surface area contributed by atoms with E-state index >= 15 is 0 Å². The Morgan fingerprint density at radius 3 is 2.52 bits per heavy atom. The van der Waals surface area contributed by atoms with Crippen LogP contribution in [0.15, 0.2) is 36.4 Å². The van der Waals surface area contributed by atoms with Crippen molar-refractivity contribution in [1.82, 2.24) is 4.98 Å². The molecule has 21 heavy (non-hydrogen) atoms. The van der Waals surface area contributed by atoms with Crippen LogP contribution >= 0.6 is 0 Å². The van der Waals surface area contributed by atoms with Crippen molar-refractivity contribution < 1.29 is 4.79 Å². The van der Waals surface area contributed by atoms with Gasteiger partial charge in [-0.2, -0.15) is 0 Å². The van der Waals surface area contributed by atoms with Crippen molar-refractivity contribution >= 4 is 11.6 Å². The van der Waals surface area contributed by atoms with Gasteiger partial charge in [0.1, 0.15) is 0 Å². The van der Waals surface area contributed by atoms with Gasteiger partial charge in [-0.25, -0.2) is 0 Å². The highest BCUT2D eigenvalue weighted by atomic mass is 16.1. The number of nitrogens with one attached hydrogen (secondary N) is 1. The van der Waals surface area contributed by atoms with Gasteiger partial charge in [0.15, 0.2) is 0 Å². The Balaban J connectivity index is 1.88. The second-order valence-corrected chi connectivity index (χ2v) is 5.43. The third-order valence-corrected chi connectivity index (χ3v) is 3.50. The summed E-state index contributed by atoms with van der Waals surface area (Å²) >= 11 is 0. The molecule has 110 valence electrons. The highest BCUT2D eigenvalue weighted by molar-refractivity contribution is 5.92. The Hall–Kier alpha value is -2.16. The molecule has 2 rings (SSSR count). The average molecular weight is 282 g/mol. The van der Waals surface area contributed by atoms with E-state index in [9.17, 15) is 4.79 Å². The number of aromatic nitrogens is 1. The monoisotopic (exact) mass is 282 g/mol. The molecule has 1 N–H and O–H groups in total. The lowest BCUT2D eigenvalue weighted by Crippen LogP contribution is -2.14. The van der Waals surface area contributed by atoms with Crippen LogP contribution in [0.5, 0.6) is 0 Å². The van der Waals surface area contributed by atoms with Crippen molar-refractivity contribution in [2.24, 2.45) is 0 Å². The lowest BCUT2D eigenvalue weighted by atomic mass is 10.1. The van der Waals surface area contributed by atoms with Gasteiger partial charge in [-0.1, -0.05) is 30.3 Å². The minimum Gasteiger partial charge on any atom is -0.324 e. The van der Waals surface area contributed by atoms with E-state index in [1.54, 1.807) is 0 Å². The zero-order valence-electron chi connectivity index (χ0n) is 12.9. The van der Waals surface area contributed by atoms with Crippen LogP contribution in [0.25, 0.3) is 0 Å². The summed E-state index contributed by atoms with van der Waals surface area (Å²) in [4.78, 5) is 16.5. The number of hydrogen-bond acceptors (Lipinski definition) is 2. The van der Waals surface area contributed by atoms with Crippen molar-refractivity contribution in [1.29, 1.82) is 0 Å². The fraction of sp³-hybridized carbons (Fsp3) is 0.333. The third-order valence-electron chi connectivity index (χ3n) is 3.50. The lowest BCUT2D eigenvalue weighted by Gasteiger charge is -2.12. The lowest BCUT2D eigenvalue weighted by molar-refractivity contribution is -0.116. The summed E-state index contributed by atoms with van der Waals surface area (Å²) in [7, 11) is 0. The van der Waals surface area contributed by atoms with E-state index in [1.165, 1.54) is 5.56 Å². The largest absolute Gasteiger partial charge is 0.324 e. The summed E-state index contributed by atoms with van der Waals surface area (Å²) in [5, 5.41) is 2.99. The van der Waals surface area contributed by atoms with Crippen molar-refractivity contribution in [2.45, 2.75) is 40.0 Å². The maximum Gasteiger partial charge on any atom is 0.224 e. The predicted octanol–water partition coefficient (Wildman–Crippen LogP) is 3.97. The number of nitrogens with zero attached hydrogens (tertiary/aromatic N) is 1. The number of anilines is 1. The molecule has 0 aliphatic heterocycles. The molecule has 2 aromatic rings. The molecule has 0 unspecified atom stereocenters. The Bertz CT molecular complexity index is 597. The molecular weight excluding hydrogens is 260 g/mol. The molecule has 0 fully saturated rings. The molecule has 0 saturated heterocycles. The third kappa shape index (κ3) is 4.42. The maximum absolute atomic E-state index is 12.1. The maximum atomic E-state index is 12.1. The van der Waals surface area contributed by atoms with Gasteiger partial charge in [0.05, 0.1) is 11.4 Å². The minimum atomic E-state index is 0.0581. The summed E-state index contributed by atoms with van der Waals surface area (Å²) in [6.45, 7) is 5.90. The second kappa shape index (κ2) is 7.02. The highest BCUT2D eigenvalue weighted by Gasteiger charge is 2.09. The molecule has 0 saturated carbocycles. The van der Waals surface area contributed by atoms with E-state index in [-0.39, 0.29) is 5.91 Å². The Morgan fingerprint density at radius 2 is 1.86 bits per heavy atom. The van der Waals surface area contributed by atoms with Gasteiger partial charge in [0.25, 0.3) is 0 Å². The summed E-state index contributed by atoms with van der Waals surface area (Å²) in [5.74, 6) is 0.0581. The van der Waals surface area contributed by atoms with Crippen LogP contribution in [0.1, 0.15) is 35.4 Å².